The summed E-state index contributed by atoms with van der Waals surface area (Å²) < 4.78 is 10.8. The Labute approximate surface area is 66.1 Å². The molecule has 0 aliphatic carbocycles. The van der Waals surface area contributed by atoms with Gasteiger partial charge in [-0.15, -0.1) is 9.24 Å². The highest BCUT2D eigenvalue weighted by Gasteiger charge is 2.21. The molecule has 0 aromatic rings. The number of ether oxygens (including phenoxy) is 1. The standard InChI is InChI=1S/C6H14O2P2/c1-10-7-4-5-2-3-6(9)8-5/h5-6,10H,2-4,9H2,1H3. The van der Waals surface area contributed by atoms with Gasteiger partial charge in [0.25, 0.3) is 0 Å². The third-order valence-electron chi connectivity index (χ3n) is 1.55. The maximum atomic E-state index is 5.51. The van der Waals surface area contributed by atoms with Crippen molar-refractivity contribution in [3.05, 3.63) is 0 Å². The van der Waals surface area contributed by atoms with Crippen molar-refractivity contribution >= 4 is 18.0 Å². The zero-order valence-electron chi connectivity index (χ0n) is 6.17. The Bertz CT molecular complexity index is 99.7. The van der Waals surface area contributed by atoms with Crippen LogP contribution in [0, 0.1) is 0 Å². The van der Waals surface area contributed by atoms with Gasteiger partial charge < -0.3 is 9.26 Å². The summed E-state index contributed by atoms with van der Waals surface area (Å²) in [5, 5.41) is 0. The van der Waals surface area contributed by atoms with Crippen molar-refractivity contribution in [3.8, 4) is 0 Å². The van der Waals surface area contributed by atoms with E-state index in [1.807, 2.05) is 6.66 Å². The van der Waals surface area contributed by atoms with E-state index >= 15 is 0 Å². The van der Waals surface area contributed by atoms with Crippen molar-refractivity contribution in [1.82, 2.24) is 0 Å². The predicted molar refractivity (Wildman–Crippen MR) is 47.8 cm³/mol. The van der Waals surface area contributed by atoms with Crippen LogP contribution in [0.3, 0.4) is 0 Å². The molecule has 4 heteroatoms. The minimum Gasteiger partial charge on any atom is -0.369 e. The largest absolute Gasteiger partial charge is 0.369 e. The van der Waals surface area contributed by atoms with Crippen molar-refractivity contribution in [2.75, 3.05) is 13.3 Å². The fourth-order valence-electron chi connectivity index (χ4n) is 1.03. The minimum absolute atomic E-state index is 0.356. The van der Waals surface area contributed by atoms with Crippen LogP contribution in [0.25, 0.3) is 0 Å². The molecule has 0 N–H and O–H groups in total. The Morgan fingerprint density at radius 2 is 2.50 bits per heavy atom. The van der Waals surface area contributed by atoms with Crippen LogP contribution in [0.4, 0.5) is 0 Å². The number of hydrogen-bond donors (Lipinski definition) is 0. The highest BCUT2D eigenvalue weighted by Crippen LogP contribution is 2.25. The van der Waals surface area contributed by atoms with Crippen LogP contribution < -0.4 is 0 Å². The molecule has 2 nitrogen and oxygen atoms in total. The quantitative estimate of drug-likeness (QED) is 0.614. The normalized spacial score (nSPS) is 34.2. The molecule has 0 saturated carbocycles. The fourth-order valence-corrected chi connectivity index (χ4v) is 1.80. The average molecular weight is 180 g/mol. The van der Waals surface area contributed by atoms with E-state index in [0.717, 1.165) is 19.4 Å². The molecule has 0 bridgehead atoms. The highest BCUT2D eigenvalue weighted by molar-refractivity contribution is 7.31. The zero-order chi connectivity index (χ0) is 7.40. The summed E-state index contributed by atoms with van der Waals surface area (Å²) in [5.74, 6) is 0.369. The maximum Gasteiger partial charge on any atom is 0.0821 e. The molecule has 0 radical (unpaired) electrons. The van der Waals surface area contributed by atoms with E-state index < -0.39 is 0 Å². The fraction of sp³-hybridized carbons (Fsp3) is 1.00. The van der Waals surface area contributed by atoms with Gasteiger partial charge in [0.2, 0.25) is 0 Å². The van der Waals surface area contributed by atoms with Crippen molar-refractivity contribution in [1.29, 1.82) is 0 Å². The molecule has 0 amide bonds. The van der Waals surface area contributed by atoms with Crippen molar-refractivity contribution in [2.45, 2.75) is 24.8 Å². The molecule has 10 heavy (non-hydrogen) atoms. The second-order valence-corrected chi connectivity index (χ2v) is 3.83. The Morgan fingerprint density at radius 1 is 1.70 bits per heavy atom. The minimum atomic E-state index is 0.356. The summed E-state index contributed by atoms with van der Waals surface area (Å²) in [4.78, 5) is 0. The van der Waals surface area contributed by atoms with Crippen LogP contribution in [0.2, 0.25) is 0 Å². The van der Waals surface area contributed by atoms with Crippen LogP contribution in [0.1, 0.15) is 12.8 Å². The van der Waals surface area contributed by atoms with Gasteiger partial charge >= 0.3 is 0 Å². The van der Waals surface area contributed by atoms with Crippen molar-refractivity contribution in [3.63, 3.8) is 0 Å². The summed E-state index contributed by atoms with van der Waals surface area (Å²) >= 11 is 0. The van der Waals surface area contributed by atoms with E-state index in [0.29, 0.717) is 20.8 Å². The van der Waals surface area contributed by atoms with Crippen LogP contribution in [0.15, 0.2) is 0 Å². The lowest BCUT2D eigenvalue weighted by molar-refractivity contribution is 0.0588. The summed E-state index contributed by atoms with van der Waals surface area (Å²) in [6.07, 6.45) is 2.67. The molecular formula is C6H14O2P2. The molecule has 1 aliphatic heterocycles. The highest BCUT2D eigenvalue weighted by atomic mass is 31.1. The lowest BCUT2D eigenvalue weighted by Crippen LogP contribution is -2.12. The first kappa shape index (κ1) is 8.87. The van der Waals surface area contributed by atoms with Gasteiger partial charge in [-0.2, -0.15) is 0 Å². The zero-order valence-corrected chi connectivity index (χ0v) is 8.32. The lowest BCUT2D eigenvalue weighted by Gasteiger charge is -2.09. The van der Waals surface area contributed by atoms with E-state index in [4.69, 9.17) is 9.26 Å². The maximum absolute atomic E-state index is 5.51. The summed E-state index contributed by atoms with van der Waals surface area (Å²) in [6.45, 7) is 2.81. The molecule has 4 unspecified atom stereocenters. The van der Waals surface area contributed by atoms with Crippen LogP contribution in [-0.4, -0.2) is 25.2 Å². The molecule has 0 aromatic heterocycles. The Balaban J connectivity index is 2.06. The van der Waals surface area contributed by atoms with Crippen LogP contribution >= 0.6 is 18.0 Å². The van der Waals surface area contributed by atoms with Gasteiger partial charge in [0.1, 0.15) is 0 Å². The molecule has 1 heterocycles. The molecule has 1 rings (SSSR count). The first-order valence-electron chi connectivity index (χ1n) is 3.52. The second kappa shape index (κ2) is 4.62. The van der Waals surface area contributed by atoms with E-state index in [2.05, 4.69) is 9.24 Å². The molecule has 0 aromatic carbocycles. The molecule has 1 aliphatic rings. The van der Waals surface area contributed by atoms with Crippen molar-refractivity contribution < 1.29 is 9.26 Å². The first-order valence-corrected chi connectivity index (χ1v) is 5.60. The van der Waals surface area contributed by atoms with Crippen LogP contribution in [-0.2, 0) is 9.26 Å². The number of rotatable bonds is 3. The lowest BCUT2D eigenvalue weighted by atomic mass is 10.2. The van der Waals surface area contributed by atoms with Gasteiger partial charge in [0.05, 0.1) is 18.6 Å². The third kappa shape index (κ3) is 2.80. The van der Waals surface area contributed by atoms with E-state index in [9.17, 15) is 0 Å². The Kier molecular flexibility index (Phi) is 4.10. The second-order valence-electron chi connectivity index (χ2n) is 2.39. The number of hydrogen-bond acceptors (Lipinski definition) is 2. The molecule has 0 spiro atoms. The molecule has 60 valence electrons. The first-order chi connectivity index (χ1) is 4.83. The Morgan fingerprint density at radius 3 is 3.00 bits per heavy atom. The van der Waals surface area contributed by atoms with Gasteiger partial charge in [0.15, 0.2) is 0 Å². The van der Waals surface area contributed by atoms with Gasteiger partial charge in [-0.05, 0) is 19.5 Å². The average Bonchev–Trinajstić information content (AvgIpc) is 2.31. The van der Waals surface area contributed by atoms with Gasteiger partial charge in [-0.1, -0.05) is 0 Å². The smallest absolute Gasteiger partial charge is 0.0821 e. The molecule has 4 atom stereocenters. The molecular weight excluding hydrogens is 166 g/mol. The van der Waals surface area contributed by atoms with Gasteiger partial charge in [0, 0.05) is 8.81 Å². The summed E-state index contributed by atoms with van der Waals surface area (Å²) in [5.41, 5.74) is 0. The monoisotopic (exact) mass is 180 g/mol. The molecule has 1 saturated heterocycles. The van der Waals surface area contributed by atoms with Gasteiger partial charge in [-0.25, -0.2) is 0 Å². The topological polar surface area (TPSA) is 18.5 Å². The van der Waals surface area contributed by atoms with Crippen LogP contribution in [0.5, 0.6) is 0 Å². The SMILES string of the molecule is CPOCC1CCC(P)O1. The predicted octanol–water partition coefficient (Wildman–Crippen LogP) is 1.61. The third-order valence-corrected chi connectivity index (χ3v) is 2.50. The summed E-state index contributed by atoms with van der Waals surface area (Å²) in [6, 6.07) is 0. The Hall–Kier alpha value is 0.780. The van der Waals surface area contributed by atoms with Crippen molar-refractivity contribution in [2.24, 2.45) is 0 Å². The summed E-state index contributed by atoms with van der Waals surface area (Å²) in [7, 11) is 3.28. The molecule has 1 fully saturated rings. The van der Waals surface area contributed by atoms with E-state index in [-0.39, 0.29) is 0 Å². The van der Waals surface area contributed by atoms with E-state index in [1.165, 1.54) is 0 Å². The van der Waals surface area contributed by atoms with Gasteiger partial charge in [-0.3, -0.25) is 0 Å². The van der Waals surface area contributed by atoms with E-state index in [1.54, 1.807) is 0 Å².